The van der Waals surface area contributed by atoms with Crippen LogP contribution in [0.1, 0.15) is 37.0 Å². The number of sulfonamides is 1. The Morgan fingerprint density at radius 3 is 2.16 bits per heavy atom. The topological polar surface area (TPSA) is 86.8 Å². The highest BCUT2D eigenvalue weighted by Gasteiger charge is 2.30. The molecule has 32 heavy (non-hydrogen) atoms. The lowest BCUT2D eigenvalue weighted by Gasteiger charge is -2.31. The van der Waals surface area contributed by atoms with Crippen LogP contribution >= 0.6 is 0 Å². The van der Waals surface area contributed by atoms with Gasteiger partial charge in [-0.05, 0) is 56.0 Å². The van der Waals surface area contributed by atoms with E-state index in [2.05, 4.69) is 5.32 Å². The second-order valence-corrected chi connectivity index (χ2v) is 10.00. The van der Waals surface area contributed by atoms with Gasteiger partial charge in [0.15, 0.2) is 0 Å². The number of benzene rings is 2. The molecule has 0 saturated carbocycles. The van der Waals surface area contributed by atoms with Crippen molar-refractivity contribution in [1.29, 1.82) is 0 Å². The maximum atomic E-state index is 13.4. The van der Waals surface area contributed by atoms with Crippen LogP contribution in [0.3, 0.4) is 0 Å². The maximum absolute atomic E-state index is 13.4. The van der Waals surface area contributed by atoms with Crippen molar-refractivity contribution >= 4 is 27.5 Å². The molecule has 0 spiro atoms. The number of hydrogen-bond donors (Lipinski definition) is 1. The molecule has 2 aromatic carbocycles. The van der Waals surface area contributed by atoms with Crippen LogP contribution in [0, 0.1) is 13.8 Å². The molecular formula is C24H33N3O4S. The zero-order chi connectivity index (χ0) is 23.9. The second-order valence-electron chi connectivity index (χ2n) is 8.09. The van der Waals surface area contributed by atoms with Crippen molar-refractivity contribution in [1.82, 2.24) is 10.2 Å². The summed E-state index contributed by atoms with van der Waals surface area (Å²) in [5.74, 6) is -0.717. The molecular weight excluding hydrogens is 426 g/mol. The summed E-state index contributed by atoms with van der Waals surface area (Å²) < 4.78 is 26.3. The molecule has 0 fully saturated rings. The van der Waals surface area contributed by atoms with E-state index in [1.165, 1.54) is 4.90 Å². The van der Waals surface area contributed by atoms with Gasteiger partial charge in [0, 0.05) is 13.1 Å². The molecule has 8 heteroatoms. The molecule has 0 aliphatic rings. The lowest BCUT2D eigenvalue weighted by atomic mass is 10.1. The minimum Gasteiger partial charge on any atom is -0.354 e. The Hall–Kier alpha value is -2.87. The number of rotatable bonds is 10. The summed E-state index contributed by atoms with van der Waals surface area (Å²) in [6.07, 6.45) is 1.86. The van der Waals surface area contributed by atoms with Gasteiger partial charge >= 0.3 is 0 Å². The summed E-state index contributed by atoms with van der Waals surface area (Å²) in [7, 11) is -3.73. The van der Waals surface area contributed by atoms with Gasteiger partial charge < -0.3 is 10.2 Å². The molecule has 7 nitrogen and oxygen atoms in total. The van der Waals surface area contributed by atoms with Crippen molar-refractivity contribution in [2.45, 2.75) is 46.7 Å². The molecule has 1 unspecified atom stereocenters. The smallest absolute Gasteiger partial charge is 0.244 e. The largest absolute Gasteiger partial charge is 0.354 e. The molecule has 0 aromatic heterocycles. The Balaban J connectivity index is 2.37. The zero-order valence-electron chi connectivity index (χ0n) is 19.5. The van der Waals surface area contributed by atoms with Crippen molar-refractivity contribution in [2.24, 2.45) is 0 Å². The summed E-state index contributed by atoms with van der Waals surface area (Å²) >= 11 is 0. The van der Waals surface area contributed by atoms with Gasteiger partial charge in [-0.2, -0.15) is 0 Å². The van der Waals surface area contributed by atoms with Gasteiger partial charge in [0.25, 0.3) is 0 Å². The third kappa shape index (κ3) is 7.09. The van der Waals surface area contributed by atoms with Crippen LogP contribution in [0.25, 0.3) is 0 Å². The predicted octanol–water partition coefficient (Wildman–Crippen LogP) is 3.01. The van der Waals surface area contributed by atoms with E-state index in [1.54, 1.807) is 19.1 Å². The van der Waals surface area contributed by atoms with Gasteiger partial charge in [0.1, 0.15) is 12.6 Å². The van der Waals surface area contributed by atoms with Crippen LogP contribution < -0.4 is 9.62 Å². The molecule has 0 saturated heterocycles. The average molecular weight is 460 g/mol. The predicted molar refractivity (Wildman–Crippen MR) is 128 cm³/mol. The Morgan fingerprint density at radius 2 is 1.62 bits per heavy atom. The van der Waals surface area contributed by atoms with E-state index in [-0.39, 0.29) is 19.0 Å². The first-order valence-electron chi connectivity index (χ1n) is 10.7. The Kier molecular flexibility index (Phi) is 8.83. The summed E-state index contributed by atoms with van der Waals surface area (Å²) in [6.45, 7) is 7.68. The minimum absolute atomic E-state index is 0.199. The van der Waals surface area contributed by atoms with Crippen LogP contribution in [0.2, 0.25) is 0 Å². The number of carbonyl (C=O) groups is 2. The van der Waals surface area contributed by atoms with Crippen molar-refractivity contribution in [3.8, 4) is 0 Å². The molecule has 0 aliphatic heterocycles. The third-order valence-electron chi connectivity index (χ3n) is 5.09. The summed E-state index contributed by atoms with van der Waals surface area (Å²) in [5, 5.41) is 2.82. The van der Waals surface area contributed by atoms with Crippen LogP contribution in [-0.2, 0) is 26.2 Å². The van der Waals surface area contributed by atoms with Crippen molar-refractivity contribution in [2.75, 3.05) is 23.7 Å². The molecule has 2 amide bonds. The van der Waals surface area contributed by atoms with Gasteiger partial charge in [-0.1, -0.05) is 43.3 Å². The molecule has 0 radical (unpaired) electrons. The zero-order valence-corrected chi connectivity index (χ0v) is 20.3. The van der Waals surface area contributed by atoms with Gasteiger partial charge in [-0.25, -0.2) is 8.42 Å². The number of amides is 2. The van der Waals surface area contributed by atoms with E-state index in [4.69, 9.17) is 0 Å². The standard InChI is InChI=1S/C24H33N3O4S/c1-6-12-25-24(29)20(4)26(16-21-10-8-7-9-11-21)23(28)17-27(32(5,30)31)22-14-18(2)13-19(3)15-22/h7-11,13-15,20H,6,12,16-17H2,1-5H3,(H,25,29). The summed E-state index contributed by atoms with van der Waals surface area (Å²) in [5.41, 5.74) is 3.08. The molecule has 1 atom stereocenters. The van der Waals surface area contributed by atoms with Crippen LogP contribution in [0.5, 0.6) is 0 Å². The van der Waals surface area contributed by atoms with Crippen LogP contribution in [-0.4, -0.2) is 50.5 Å². The molecule has 1 N–H and O–H groups in total. The van der Waals surface area contributed by atoms with E-state index in [0.29, 0.717) is 12.2 Å². The Labute approximate surface area is 191 Å². The van der Waals surface area contributed by atoms with Gasteiger partial charge in [0.05, 0.1) is 11.9 Å². The number of carbonyl (C=O) groups excluding carboxylic acids is 2. The monoisotopic (exact) mass is 459 g/mol. The fourth-order valence-electron chi connectivity index (χ4n) is 3.47. The lowest BCUT2D eigenvalue weighted by Crippen LogP contribution is -2.51. The first-order chi connectivity index (χ1) is 15.0. The highest BCUT2D eigenvalue weighted by atomic mass is 32.2. The van der Waals surface area contributed by atoms with E-state index >= 15 is 0 Å². The highest BCUT2D eigenvalue weighted by Crippen LogP contribution is 2.22. The van der Waals surface area contributed by atoms with Crippen LogP contribution in [0.4, 0.5) is 5.69 Å². The van der Waals surface area contributed by atoms with E-state index in [1.807, 2.05) is 57.2 Å². The Bertz CT molecular complexity index is 1020. The Morgan fingerprint density at radius 1 is 1.03 bits per heavy atom. The first kappa shape index (κ1) is 25.4. The van der Waals surface area contributed by atoms with Gasteiger partial charge in [-0.3, -0.25) is 13.9 Å². The first-order valence-corrected chi connectivity index (χ1v) is 12.5. The van der Waals surface area contributed by atoms with Gasteiger partial charge in [-0.15, -0.1) is 0 Å². The molecule has 0 heterocycles. The molecule has 0 aliphatic carbocycles. The maximum Gasteiger partial charge on any atom is 0.244 e. The summed E-state index contributed by atoms with van der Waals surface area (Å²) in [6, 6.07) is 14.0. The fourth-order valence-corrected chi connectivity index (χ4v) is 4.30. The van der Waals surface area contributed by atoms with Crippen molar-refractivity contribution < 1.29 is 18.0 Å². The van der Waals surface area contributed by atoms with Crippen molar-refractivity contribution in [3.63, 3.8) is 0 Å². The average Bonchev–Trinajstić information content (AvgIpc) is 2.72. The van der Waals surface area contributed by atoms with Gasteiger partial charge in [0.2, 0.25) is 21.8 Å². The van der Waals surface area contributed by atoms with E-state index in [9.17, 15) is 18.0 Å². The quantitative estimate of drug-likeness (QED) is 0.592. The minimum atomic E-state index is -3.73. The molecule has 2 rings (SSSR count). The normalized spacial score (nSPS) is 12.2. The molecule has 2 aromatic rings. The number of anilines is 1. The second kappa shape index (κ2) is 11.1. The SMILES string of the molecule is CCCNC(=O)C(C)N(Cc1ccccc1)C(=O)CN(c1cc(C)cc(C)c1)S(C)(=O)=O. The van der Waals surface area contributed by atoms with E-state index < -0.39 is 22.0 Å². The molecule has 174 valence electrons. The fraction of sp³-hybridized carbons (Fsp3) is 0.417. The number of aryl methyl sites for hydroxylation is 2. The number of nitrogens with zero attached hydrogens (tertiary/aromatic N) is 2. The highest BCUT2D eigenvalue weighted by molar-refractivity contribution is 7.92. The summed E-state index contributed by atoms with van der Waals surface area (Å²) in [4.78, 5) is 27.5. The lowest BCUT2D eigenvalue weighted by molar-refractivity contribution is -0.139. The third-order valence-corrected chi connectivity index (χ3v) is 6.23. The van der Waals surface area contributed by atoms with Crippen molar-refractivity contribution in [3.05, 3.63) is 65.2 Å². The molecule has 0 bridgehead atoms. The van der Waals surface area contributed by atoms with E-state index in [0.717, 1.165) is 33.7 Å². The number of nitrogens with one attached hydrogen (secondary N) is 1. The van der Waals surface area contributed by atoms with Crippen LogP contribution in [0.15, 0.2) is 48.5 Å². The number of hydrogen-bond acceptors (Lipinski definition) is 4.